The fourth-order valence-corrected chi connectivity index (χ4v) is 2.25. The number of hydrogen-bond donors (Lipinski definition) is 0. The third kappa shape index (κ3) is 2.32. The molecule has 0 fully saturated rings. The van der Waals surface area contributed by atoms with Gasteiger partial charge in [-0.05, 0) is 30.7 Å². The van der Waals surface area contributed by atoms with E-state index in [0.717, 1.165) is 11.1 Å². The van der Waals surface area contributed by atoms with Crippen LogP contribution in [-0.2, 0) is 0 Å². The van der Waals surface area contributed by atoms with Gasteiger partial charge >= 0.3 is 0 Å². The molecule has 0 atom stereocenters. The van der Waals surface area contributed by atoms with Gasteiger partial charge in [-0.25, -0.2) is 9.97 Å². The number of pyridine rings is 1. The number of aromatic nitrogens is 2. The molecule has 0 aliphatic heterocycles. The Kier molecular flexibility index (Phi) is 3.58. The van der Waals surface area contributed by atoms with Gasteiger partial charge in [0.1, 0.15) is 5.52 Å². The van der Waals surface area contributed by atoms with Gasteiger partial charge in [0, 0.05) is 11.8 Å². The highest BCUT2D eigenvalue weighted by Crippen LogP contribution is 2.41. The second-order valence-corrected chi connectivity index (χ2v) is 4.77. The van der Waals surface area contributed by atoms with E-state index in [0.29, 0.717) is 34.4 Å². The molecule has 0 spiro atoms. The lowest BCUT2D eigenvalue weighted by Crippen LogP contribution is -1.95. The van der Waals surface area contributed by atoms with E-state index in [4.69, 9.17) is 18.6 Å². The molecule has 0 unspecified atom stereocenters. The van der Waals surface area contributed by atoms with Crippen molar-refractivity contribution in [2.24, 2.45) is 0 Å². The minimum Gasteiger partial charge on any atom is -0.493 e. The molecule has 0 saturated carbocycles. The van der Waals surface area contributed by atoms with Crippen molar-refractivity contribution in [1.29, 1.82) is 0 Å². The molecule has 0 aliphatic carbocycles. The number of hydrogen-bond acceptors (Lipinski definition) is 6. The first-order chi connectivity index (χ1) is 10.7. The summed E-state index contributed by atoms with van der Waals surface area (Å²) in [6.45, 7) is 1.96. The highest BCUT2D eigenvalue weighted by Gasteiger charge is 2.17. The Hall–Kier alpha value is -2.76. The van der Waals surface area contributed by atoms with E-state index in [1.54, 1.807) is 39.7 Å². The van der Waals surface area contributed by atoms with Crippen LogP contribution in [0, 0.1) is 6.92 Å². The minimum absolute atomic E-state index is 0.451. The summed E-state index contributed by atoms with van der Waals surface area (Å²) in [5, 5.41) is 0. The van der Waals surface area contributed by atoms with Gasteiger partial charge in [-0.2, -0.15) is 0 Å². The van der Waals surface area contributed by atoms with Crippen molar-refractivity contribution >= 4 is 11.2 Å². The third-order valence-corrected chi connectivity index (χ3v) is 3.30. The molecule has 1 aromatic carbocycles. The van der Waals surface area contributed by atoms with E-state index in [2.05, 4.69) is 9.97 Å². The first-order valence-corrected chi connectivity index (χ1v) is 6.70. The molecular weight excluding hydrogens is 284 g/mol. The van der Waals surface area contributed by atoms with Gasteiger partial charge in [0.05, 0.1) is 21.3 Å². The number of ether oxygens (including phenoxy) is 3. The van der Waals surface area contributed by atoms with Gasteiger partial charge in [0.15, 0.2) is 11.5 Å². The number of rotatable bonds is 4. The summed E-state index contributed by atoms with van der Waals surface area (Å²) in [6.07, 6.45) is 1.74. The first kappa shape index (κ1) is 14.2. The number of fused-ring (bicyclic) bond motifs is 1. The summed E-state index contributed by atoms with van der Waals surface area (Å²) >= 11 is 0. The van der Waals surface area contributed by atoms with Gasteiger partial charge in [-0.3, -0.25) is 0 Å². The van der Waals surface area contributed by atoms with Gasteiger partial charge in [-0.15, -0.1) is 0 Å². The van der Waals surface area contributed by atoms with Crippen molar-refractivity contribution in [2.45, 2.75) is 6.92 Å². The Morgan fingerprint density at radius 1 is 0.955 bits per heavy atom. The van der Waals surface area contributed by atoms with Crippen molar-refractivity contribution in [3.8, 4) is 28.7 Å². The molecule has 22 heavy (non-hydrogen) atoms. The molecule has 3 aromatic rings. The molecule has 2 aromatic heterocycles. The van der Waals surface area contributed by atoms with Crippen LogP contribution in [0.1, 0.15) is 5.56 Å². The third-order valence-electron chi connectivity index (χ3n) is 3.30. The molecule has 6 nitrogen and oxygen atoms in total. The van der Waals surface area contributed by atoms with E-state index >= 15 is 0 Å². The normalized spacial score (nSPS) is 10.7. The Labute approximate surface area is 127 Å². The molecule has 0 amide bonds. The smallest absolute Gasteiger partial charge is 0.247 e. The molecule has 3 rings (SSSR count). The van der Waals surface area contributed by atoms with Crippen LogP contribution in [0.15, 0.2) is 28.8 Å². The van der Waals surface area contributed by atoms with Crippen LogP contribution < -0.4 is 14.2 Å². The molecule has 0 aliphatic rings. The van der Waals surface area contributed by atoms with Crippen molar-refractivity contribution < 1.29 is 18.6 Å². The van der Waals surface area contributed by atoms with Crippen LogP contribution in [0.3, 0.4) is 0 Å². The average molecular weight is 300 g/mol. The summed E-state index contributed by atoms with van der Waals surface area (Å²) in [5.74, 6) is 2.07. The van der Waals surface area contributed by atoms with E-state index in [-0.39, 0.29) is 0 Å². The molecule has 0 N–H and O–H groups in total. The van der Waals surface area contributed by atoms with Crippen molar-refractivity contribution in [3.05, 3.63) is 30.0 Å². The maximum atomic E-state index is 5.71. The lowest BCUT2D eigenvalue weighted by molar-refractivity contribution is 0.324. The number of oxazole rings is 1. The lowest BCUT2D eigenvalue weighted by Gasteiger charge is -2.12. The van der Waals surface area contributed by atoms with E-state index in [1.807, 2.05) is 13.0 Å². The largest absolute Gasteiger partial charge is 0.493 e. The first-order valence-electron chi connectivity index (χ1n) is 6.70. The molecule has 0 bridgehead atoms. The Morgan fingerprint density at radius 3 is 2.23 bits per heavy atom. The van der Waals surface area contributed by atoms with Crippen LogP contribution >= 0.6 is 0 Å². The fourth-order valence-electron chi connectivity index (χ4n) is 2.25. The summed E-state index contributed by atoms with van der Waals surface area (Å²) in [5.41, 5.74) is 2.96. The molecular formula is C16H16N2O4. The summed E-state index contributed by atoms with van der Waals surface area (Å²) in [7, 11) is 4.70. The van der Waals surface area contributed by atoms with Crippen LogP contribution in [0.4, 0.5) is 0 Å². The maximum absolute atomic E-state index is 5.71. The second kappa shape index (κ2) is 5.55. The van der Waals surface area contributed by atoms with Gasteiger partial charge in [-0.1, -0.05) is 0 Å². The summed E-state index contributed by atoms with van der Waals surface area (Å²) in [6, 6.07) is 5.51. The molecule has 114 valence electrons. The minimum atomic E-state index is 0.451. The van der Waals surface area contributed by atoms with Crippen molar-refractivity contribution in [1.82, 2.24) is 9.97 Å². The van der Waals surface area contributed by atoms with E-state index in [1.165, 1.54) is 0 Å². The standard InChI is InChI=1S/C16H16N2O4/c1-9-5-11-16(17-8-9)22-15(18-11)10-6-12(19-2)14(21-4)13(7-10)20-3/h5-8H,1-4H3. The SMILES string of the molecule is COc1cc(-c2nc3cc(C)cnc3o2)cc(OC)c1OC. The van der Waals surface area contributed by atoms with Crippen molar-refractivity contribution in [3.63, 3.8) is 0 Å². The summed E-state index contributed by atoms with van der Waals surface area (Å²) in [4.78, 5) is 8.70. The summed E-state index contributed by atoms with van der Waals surface area (Å²) < 4.78 is 21.7. The van der Waals surface area contributed by atoms with Crippen LogP contribution in [-0.4, -0.2) is 31.3 Å². The predicted octanol–water partition coefficient (Wildman–Crippen LogP) is 3.22. The lowest BCUT2D eigenvalue weighted by atomic mass is 10.2. The number of benzene rings is 1. The Morgan fingerprint density at radius 2 is 1.64 bits per heavy atom. The zero-order valence-corrected chi connectivity index (χ0v) is 12.8. The number of methoxy groups -OCH3 is 3. The monoisotopic (exact) mass is 300 g/mol. The highest BCUT2D eigenvalue weighted by molar-refractivity contribution is 5.74. The quantitative estimate of drug-likeness (QED) is 0.737. The fraction of sp³-hybridized carbons (Fsp3) is 0.250. The number of aryl methyl sites for hydroxylation is 1. The van der Waals surface area contributed by atoms with Crippen LogP contribution in [0.2, 0.25) is 0 Å². The van der Waals surface area contributed by atoms with E-state index in [9.17, 15) is 0 Å². The average Bonchev–Trinajstić information content (AvgIpc) is 2.96. The van der Waals surface area contributed by atoms with Crippen molar-refractivity contribution in [2.75, 3.05) is 21.3 Å². The number of nitrogens with zero attached hydrogens (tertiary/aromatic N) is 2. The predicted molar refractivity (Wildman–Crippen MR) is 81.6 cm³/mol. The van der Waals surface area contributed by atoms with E-state index < -0.39 is 0 Å². The molecule has 0 saturated heterocycles. The van der Waals surface area contributed by atoms with Crippen LogP contribution in [0.5, 0.6) is 17.2 Å². The second-order valence-electron chi connectivity index (χ2n) is 4.77. The van der Waals surface area contributed by atoms with Gasteiger partial charge < -0.3 is 18.6 Å². The molecule has 0 radical (unpaired) electrons. The Bertz CT molecular complexity index is 801. The Balaban J connectivity index is 2.17. The van der Waals surface area contributed by atoms with Crippen LogP contribution in [0.25, 0.3) is 22.7 Å². The zero-order chi connectivity index (χ0) is 15.7. The zero-order valence-electron chi connectivity index (χ0n) is 12.8. The topological polar surface area (TPSA) is 66.6 Å². The van der Waals surface area contributed by atoms with Gasteiger partial charge in [0.2, 0.25) is 17.4 Å². The maximum Gasteiger partial charge on any atom is 0.247 e. The molecule has 2 heterocycles. The highest BCUT2D eigenvalue weighted by atomic mass is 16.5. The molecule has 6 heteroatoms. The van der Waals surface area contributed by atoms with Gasteiger partial charge in [0.25, 0.3) is 0 Å².